The van der Waals surface area contributed by atoms with Crippen molar-refractivity contribution in [3.8, 4) is 10.6 Å². The molecule has 0 spiro atoms. The third-order valence-corrected chi connectivity index (χ3v) is 5.44. The minimum Gasteiger partial charge on any atom is -0.322 e. The average Bonchev–Trinajstić information content (AvgIpc) is 3.24. The molecule has 1 amide bonds. The van der Waals surface area contributed by atoms with Crippen LogP contribution in [0, 0.1) is 13.8 Å². The van der Waals surface area contributed by atoms with Crippen LogP contribution in [0.1, 0.15) is 34.2 Å². The molecule has 136 valence electrons. The van der Waals surface area contributed by atoms with Crippen molar-refractivity contribution in [1.82, 2.24) is 19.8 Å². The lowest BCUT2D eigenvalue weighted by molar-refractivity contribution is 0.102. The van der Waals surface area contributed by atoms with Crippen LogP contribution in [0.5, 0.6) is 0 Å². The molecule has 0 saturated carbocycles. The molecular weight excluding hydrogens is 358 g/mol. The van der Waals surface area contributed by atoms with Gasteiger partial charge >= 0.3 is 0 Å². The number of nitrogens with one attached hydrogen (secondary N) is 1. The van der Waals surface area contributed by atoms with Gasteiger partial charge in [-0.1, -0.05) is 48.6 Å². The first kappa shape index (κ1) is 17.4. The van der Waals surface area contributed by atoms with Crippen LogP contribution < -0.4 is 5.32 Å². The van der Waals surface area contributed by atoms with E-state index in [1.807, 2.05) is 63.2 Å². The molecule has 0 saturated heterocycles. The van der Waals surface area contributed by atoms with Gasteiger partial charge in [-0.05, 0) is 37.1 Å². The van der Waals surface area contributed by atoms with Crippen molar-refractivity contribution < 1.29 is 4.79 Å². The van der Waals surface area contributed by atoms with Crippen LogP contribution in [-0.2, 0) is 6.42 Å². The molecule has 0 aliphatic rings. The highest BCUT2D eigenvalue weighted by Crippen LogP contribution is 2.29. The number of nitrogens with zero attached hydrogens (tertiary/aromatic N) is 4. The van der Waals surface area contributed by atoms with E-state index in [2.05, 4.69) is 20.6 Å². The lowest BCUT2D eigenvalue weighted by atomic mass is 10.1. The molecule has 7 heteroatoms. The van der Waals surface area contributed by atoms with E-state index >= 15 is 0 Å². The number of carbonyl (C=O) groups excluding carboxylic acids is 1. The summed E-state index contributed by atoms with van der Waals surface area (Å²) in [6.45, 7) is 5.94. The van der Waals surface area contributed by atoms with Crippen LogP contribution in [0.4, 0.5) is 5.69 Å². The van der Waals surface area contributed by atoms with Gasteiger partial charge in [-0.25, -0.2) is 0 Å². The van der Waals surface area contributed by atoms with E-state index in [-0.39, 0.29) is 5.91 Å². The van der Waals surface area contributed by atoms with E-state index in [4.69, 9.17) is 0 Å². The third kappa shape index (κ3) is 3.21. The van der Waals surface area contributed by atoms with E-state index in [0.717, 1.165) is 44.6 Å². The fraction of sp³-hybridized carbons (Fsp3) is 0.200. The van der Waals surface area contributed by atoms with Gasteiger partial charge in [0.1, 0.15) is 5.01 Å². The monoisotopic (exact) mass is 377 g/mol. The van der Waals surface area contributed by atoms with Crippen molar-refractivity contribution in [2.24, 2.45) is 0 Å². The maximum atomic E-state index is 12.7. The summed E-state index contributed by atoms with van der Waals surface area (Å²) in [7, 11) is 0. The Balaban J connectivity index is 1.67. The van der Waals surface area contributed by atoms with Crippen molar-refractivity contribution in [3.63, 3.8) is 0 Å². The summed E-state index contributed by atoms with van der Waals surface area (Å²) < 4.78 is 1.78. The fourth-order valence-electron chi connectivity index (χ4n) is 2.90. The number of carbonyl (C=O) groups is 1. The number of fused-ring (bicyclic) bond motifs is 1. The number of amides is 1. The van der Waals surface area contributed by atoms with Crippen molar-refractivity contribution >= 4 is 27.9 Å². The van der Waals surface area contributed by atoms with E-state index in [1.165, 1.54) is 11.3 Å². The molecule has 2 aromatic heterocycles. The molecule has 0 aliphatic carbocycles. The minimum absolute atomic E-state index is 0.111. The lowest BCUT2D eigenvalue weighted by Gasteiger charge is -2.11. The zero-order valence-corrected chi connectivity index (χ0v) is 16.2. The third-order valence-electron chi connectivity index (χ3n) is 4.49. The Hall–Kier alpha value is -3.06. The summed E-state index contributed by atoms with van der Waals surface area (Å²) in [4.78, 5) is 13.4. The largest absolute Gasteiger partial charge is 0.322 e. The summed E-state index contributed by atoms with van der Waals surface area (Å²) in [6, 6.07) is 13.5. The van der Waals surface area contributed by atoms with Crippen molar-refractivity contribution in [2.75, 3.05) is 5.32 Å². The van der Waals surface area contributed by atoms with Gasteiger partial charge in [0.25, 0.3) is 5.91 Å². The summed E-state index contributed by atoms with van der Waals surface area (Å²) in [5.41, 5.74) is 4.34. The molecule has 0 radical (unpaired) electrons. The minimum atomic E-state index is -0.111. The number of rotatable bonds is 4. The second-order valence-corrected chi connectivity index (χ2v) is 7.33. The van der Waals surface area contributed by atoms with Crippen LogP contribution >= 0.6 is 11.3 Å². The summed E-state index contributed by atoms with van der Waals surface area (Å²) in [5, 5.41) is 16.8. The molecule has 0 fully saturated rings. The van der Waals surface area contributed by atoms with Gasteiger partial charge in [-0.15, -0.1) is 10.2 Å². The molecule has 1 N–H and O–H groups in total. The van der Waals surface area contributed by atoms with Crippen molar-refractivity contribution in [2.45, 2.75) is 27.2 Å². The smallest absolute Gasteiger partial charge is 0.255 e. The molecule has 0 unspecified atom stereocenters. The topological polar surface area (TPSA) is 72.2 Å². The van der Waals surface area contributed by atoms with Crippen LogP contribution in [0.2, 0.25) is 0 Å². The Morgan fingerprint density at radius 1 is 1.11 bits per heavy atom. The normalized spacial score (nSPS) is 11.1. The summed E-state index contributed by atoms with van der Waals surface area (Å²) >= 11 is 1.48. The summed E-state index contributed by atoms with van der Waals surface area (Å²) in [5.74, 6) is 0.729. The van der Waals surface area contributed by atoms with Crippen molar-refractivity contribution in [3.05, 3.63) is 65.0 Å². The predicted octanol–water partition coefficient (Wildman–Crippen LogP) is 4.28. The quantitative estimate of drug-likeness (QED) is 0.576. The van der Waals surface area contributed by atoms with Gasteiger partial charge in [-0.3, -0.25) is 4.79 Å². The molecule has 0 atom stereocenters. The first-order valence-electron chi connectivity index (χ1n) is 8.76. The van der Waals surface area contributed by atoms with E-state index in [0.29, 0.717) is 5.56 Å². The first-order chi connectivity index (χ1) is 13.1. The van der Waals surface area contributed by atoms with Gasteiger partial charge in [-0.2, -0.15) is 9.61 Å². The Morgan fingerprint density at radius 2 is 1.93 bits per heavy atom. The SMILES string of the molecule is CCc1nnc2sc(-c3ccc(C)c(NC(=O)c4ccccc4C)c3)nn12. The van der Waals surface area contributed by atoms with Gasteiger partial charge in [0, 0.05) is 23.2 Å². The Morgan fingerprint density at radius 3 is 2.70 bits per heavy atom. The zero-order chi connectivity index (χ0) is 19.0. The molecule has 0 aliphatic heterocycles. The Bertz CT molecular complexity index is 1140. The number of anilines is 1. The maximum absolute atomic E-state index is 12.7. The molecule has 2 heterocycles. The second-order valence-electron chi connectivity index (χ2n) is 6.37. The number of benzene rings is 2. The standard InChI is InChI=1S/C20H19N5OS/c1-4-17-22-23-20-25(17)24-19(27-20)14-10-9-13(3)16(11-14)21-18(26)15-8-6-5-7-12(15)2/h5-11H,4H2,1-3H3,(H,21,26). The highest BCUT2D eigenvalue weighted by Gasteiger charge is 2.14. The number of aromatic nitrogens is 4. The highest BCUT2D eigenvalue weighted by atomic mass is 32.1. The van der Waals surface area contributed by atoms with Gasteiger partial charge in [0.2, 0.25) is 4.96 Å². The van der Waals surface area contributed by atoms with E-state index in [9.17, 15) is 4.79 Å². The molecule has 4 rings (SSSR count). The van der Waals surface area contributed by atoms with Gasteiger partial charge < -0.3 is 5.32 Å². The van der Waals surface area contributed by atoms with Gasteiger partial charge in [0.05, 0.1) is 0 Å². The molecule has 2 aromatic carbocycles. The molecule has 4 aromatic rings. The zero-order valence-electron chi connectivity index (χ0n) is 15.4. The molecular formula is C20H19N5OS. The van der Waals surface area contributed by atoms with Crippen molar-refractivity contribution in [1.29, 1.82) is 0 Å². The van der Waals surface area contributed by atoms with E-state index < -0.39 is 0 Å². The maximum Gasteiger partial charge on any atom is 0.255 e. The van der Waals surface area contributed by atoms with Crippen LogP contribution in [0.25, 0.3) is 15.5 Å². The molecule has 27 heavy (non-hydrogen) atoms. The second kappa shape index (κ2) is 6.92. The van der Waals surface area contributed by atoms with Gasteiger partial charge in [0.15, 0.2) is 5.82 Å². The van der Waals surface area contributed by atoms with Crippen LogP contribution in [0.15, 0.2) is 42.5 Å². The number of hydrogen-bond donors (Lipinski definition) is 1. The van der Waals surface area contributed by atoms with Crippen LogP contribution in [0.3, 0.4) is 0 Å². The molecule has 6 nitrogen and oxygen atoms in total. The highest BCUT2D eigenvalue weighted by molar-refractivity contribution is 7.19. The molecule has 0 bridgehead atoms. The van der Waals surface area contributed by atoms with Crippen LogP contribution in [-0.4, -0.2) is 25.7 Å². The number of aryl methyl sites for hydroxylation is 3. The Labute approximate surface area is 160 Å². The predicted molar refractivity (Wildman–Crippen MR) is 107 cm³/mol. The first-order valence-corrected chi connectivity index (χ1v) is 9.57. The fourth-order valence-corrected chi connectivity index (χ4v) is 3.76. The average molecular weight is 377 g/mol. The number of hydrogen-bond acceptors (Lipinski definition) is 5. The summed E-state index contributed by atoms with van der Waals surface area (Å²) in [6.07, 6.45) is 0.774. The van der Waals surface area contributed by atoms with E-state index in [1.54, 1.807) is 4.52 Å². The lowest BCUT2D eigenvalue weighted by Crippen LogP contribution is -2.14. The Kier molecular flexibility index (Phi) is 4.45.